The Kier molecular flexibility index (Phi) is 3.66. The third-order valence-electron chi connectivity index (χ3n) is 2.09. The molecule has 0 aliphatic rings. The van der Waals surface area contributed by atoms with Gasteiger partial charge in [-0.1, -0.05) is 0 Å². The highest BCUT2D eigenvalue weighted by molar-refractivity contribution is 5.96. The van der Waals surface area contributed by atoms with Crippen LogP contribution >= 0.6 is 0 Å². The summed E-state index contributed by atoms with van der Waals surface area (Å²) < 4.78 is 50.1. The number of aliphatic hydroxyl groups is 1. The van der Waals surface area contributed by atoms with Gasteiger partial charge in [-0.15, -0.1) is 0 Å². The van der Waals surface area contributed by atoms with E-state index in [4.69, 9.17) is 0 Å². The Bertz CT molecular complexity index is 463. The normalized spacial score (nSPS) is 12.4. The van der Waals surface area contributed by atoms with Crippen LogP contribution in [0.25, 0.3) is 0 Å². The molecule has 0 spiro atoms. The van der Waals surface area contributed by atoms with Crippen LogP contribution in [-0.2, 0) is 11.0 Å². The minimum Gasteiger partial charge on any atom is -0.381 e. The number of alkyl halides is 3. The molecule has 2 N–H and O–H groups in total. The molecule has 0 saturated heterocycles. The molecule has 1 aromatic carbocycles. The summed E-state index contributed by atoms with van der Waals surface area (Å²) in [6.45, 7) is 2.35. The molecule has 0 unspecified atom stereocenters. The SMILES string of the molecule is CC(C)(O)C(=O)Nc1ccc(F)c(C(F)(F)F)c1. The van der Waals surface area contributed by atoms with Gasteiger partial charge in [0.2, 0.25) is 0 Å². The van der Waals surface area contributed by atoms with Gasteiger partial charge in [-0.2, -0.15) is 13.2 Å². The molecular weight excluding hydrogens is 254 g/mol. The molecule has 0 radical (unpaired) electrons. The summed E-state index contributed by atoms with van der Waals surface area (Å²) in [5.74, 6) is -2.31. The van der Waals surface area contributed by atoms with Crippen molar-refractivity contribution < 1.29 is 27.5 Å². The summed E-state index contributed by atoms with van der Waals surface area (Å²) in [6, 6.07) is 2.05. The zero-order valence-corrected chi connectivity index (χ0v) is 9.60. The third-order valence-corrected chi connectivity index (χ3v) is 2.09. The highest BCUT2D eigenvalue weighted by atomic mass is 19.4. The number of hydrogen-bond acceptors (Lipinski definition) is 2. The van der Waals surface area contributed by atoms with E-state index in [9.17, 15) is 27.5 Å². The van der Waals surface area contributed by atoms with Gasteiger partial charge < -0.3 is 10.4 Å². The van der Waals surface area contributed by atoms with E-state index in [0.717, 1.165) is 6.07 Å². The molecule has 100 valence electrons. The van der Waals surface area contributed by atoms with Gasteiger partial charge in [0.1, 0.15) is 11.4 Å². The average Bonchev–Trinajstić information content (AvgIpc) is 2.17. The van der Waals surface area contributed by atoms with E-state index in [0.29, 0.717) is 12.1 Å². The fourth-order valence-electron chi connectivity index (χ4n) is 1.10. The predicted molar refractivity (Wildman–Crippen MR) is 56.3 cm³/mol. The number of carbonyl (C=O) groups is 1. The van der Waals surface area contributed by atoms with Crippen LogP contribution in [0.2, 0.25) is 0 Å². The number of nitrogens with one attached hydrogen (secondary N) is 1. The van der Waals surface area contributed by atoms with Gasteiger partial charge in [0.25, 0.3) is 5.91 Å². The van der Waals surface area contributed by atoms with E-state index >= 15 is 0 Å². The first-order valence-electron chi connectivity index (χ1n) is 4.92. The monoisotopic (exact) mass is 265 g/mol. The van der Waals surface area contributed by atoms with Gasteiger partial charge >= 0.3 is 6.18 Å². The van der Waals surface area contributed by atoms with Crippen LogP contribution in [0.15, 0.2) is 18.2 Å². The second kappa shape index (κ2) is 4.56. The molecule has 0 aromatic heterocycles. The maximum Gasteiger partial charge on any atom is 0.419 e. The Balaban J connectivity index is 3.04. The zero-order valence-electron chi connectivity index (χ0n) is 9.60. The largest absolute Gasteiger partial charge is 0.419 e. The van der Waals surface area contributed by atoms with Crippen molar-refractivity contribution in [1.82, 2.24) is 0 Å². The second-order valence-electron chi connectivity index (χ2n) is 4.21. The van der Waals surface area contributed by atoms with Gasteiger partial charge in [-0.05, 0) is 32.0 Å². The highest BCUT2D eigenvalue weighted by Gasteiger charge is 2.34. The Hall–Kier alpha value is -1.63. The van der Waals surface area contributed by atoms with E-state index < -0.39 is 29.1 Å². The van der Waals surface area contributed by atoms with Gasteiger partial charge in [0.15, 0.2) is 0 Å². The summed E-state index contributed by atoms with van der Waals surface area (Å²) in [6.07, 6.45) is -4.85. The number of halogens is 4. The van der Waals surface area contributed by atoms with Gasteiger partial charge in [0, 0.05) is 5.69 Å². The summed E-state index contributed by atoms with van der Waals surface area (Å²) in [4.78, 5) is 11.3. The van der Waals surface area contributed by atoms with E-state index in [1.54, 1.807) is 0 Å². The second-order valence-corrected chi connectivity index (χ2v) is 4.21. The van der Waals surface area contributed by atoms with Crippen LogP contribution in [0.3, 0.4) is 0 Å². The standard InChI is InChI=1S/C11H11F4NO2/c1-10(2,18)9(17)16-6-3-4-8(12)7(5-6)11(13,14)15/h3-5,18H,1-2H3,(H,16,17). The van der Waals surface area contributed by atoms with Crippen LogP contribution in [0.1, 0.15) is 19.4 Å². The van der Waals surface area contributed by atoms with Crippen LogP contribution in [0, 0.1) is 5.82 Å². The summed E-state index contributed by atoms with van der Waals surface area (Å²) in [7, 11) is 0. The van der Waals surface area contributed by atoms with Gasteiger partial charge in [-0.25, -0.2) is 4.39 Å². The lowest BCUT2D eigenvalue weighted by atomic mass is 10.1. The van der Waals surface area contributed by atoms with Crippen molar-refractivity contribution in [1.29, 1.82) is 0 Å². The molecule has 0 bridgehead atoms. The minimum atomic E-state index is -4.85. The van der Waals surface area contributed by atoms with Crippen molar-refractivity contribution in [3.05, 3.63) is 29.6 Å². The van der Waals surface area contributed by atoms with Gasteiger partial charge in [0.05, 0.1) is 5.56 Å². The lowest BCUT2D eigenvalue weighted by molar-refractivity contribution is -0.140. The smallest absolute Gasteiger partial charge is 0.381 e. The fraction of sp³-hybridized carbons (Fsp3) is 0.364. The molecule has 0 atom stereocenters. The Morgan fingerprint density at radius 1 is 1.28 bits per heavy atom. The van der Waals surface area contributed by atoms with Crippen molar-refractivity contribution in [2.75, 3.05) is 5.32 Å². The molecule has 0 saturated carbocycles. The number of amides is 1. The predicted octanol–water partition coefficient (Wildman–Crippen LogP) is 2.55. The van der Waals surface area contributed by atoms with Crippen molar-refractivity contribution in [2.45, 2.75) is 25.6 Å². The van der Waals surface area contributed by atoms with E-state index in [-0.39, 0.29) is 5.69 Å². The first-order valence-corrected chi connectivity index (χ1v) is 4.92. The number of benzene rings is 1. The van der Waals surface area contributed by atoms with Crippen molar-refractivity contribution in [3.8, 4) is 0 Å². The number of carbonyl (C=O) groups excluding carboxylic acids is 1. The average molecular weight is 265 g/mol. The molecule has 1 amide bonds. The van der Waals surface area contributed by atoms with E-state index in [1.807, 2.05) is 0 Å². The molecule has 0 aliphatic carbocycles. The van der Waals surface area contributed by atoms with Crippen molar-refractivity contribution in [2.24, 2.45) is 0 Å². The molecule has 0 heterocycles. The summed E-state index contributed by atoms with van der Waals surface area (Å²) >= 11 is 0. The van der Waals surface area contributed by atoms with Crippen LogP contribution in [-0.4, -0.2) is 16.6 Å². The first-order chi connectivity index (χ1) is 8.01. The molecule has 7 heteroatoms. The summed E-state index contributed by atoms with van der Waals surface area (Å²) in [5, 5.41) is 11.4. The lowest BCUT2D eigenvalue weighted by Gasteiger charge is -2.17. The van der Waals surface area contributed by atoms with Crippen molar-refractivity contribution in [3.63, 3.8) is 0 Å². The van der Waals surface area contributed by atoms with Gasteiger partial charge in [-0.3, -0.25) is 4.79 Å². The Morgan fingerprint density at radius 2 is 1.83 bits per heavy atom. The number of anilines is 1. The quantitative estimate of drug-likeness (QED) is 0.807. The summed E-state index contributed by atoms with van der Waals surface area (Å²) in [5.41, 5.74) is -3.46. The number of rotatable bonds is 2. The third kappa shape index (κ3) is 3.43. The van der Waals surface area contributed by atoms with Crippen LogP contribution in [0.5, 0.6) is 0 Å². The first kappa shape index (κ1) is 14.4. The maximum absolute atomic E-state index is 13.0. The fourth-order valence-corrected chi connectivity index (χ4v) is 1.10. The topological polar surface area (TPSA) is 49.3 Å². The van der Waals surface area contributed by atoms with Crippen LogP contribution in [0.4, 0.5) is 23.2 Å². The van der Waals surface area contributed by atoms with E-state index in [1.165, 1.54) is 13.8 Å². The molecular formula is C11H11F4NO2. The molecule has 0 aliphatic heterocycles. The van der Waals surface area contributed by atoms with E-state index in [2.05, 4.69) is 5.32 Å². The van der Waals surface area contributed by atoms with Crippen LogP contribution < -0.4 is 5.32 Å². The van der Waals surface area contributed by atoms with Crippen molar-refractivity contribution >= 4 is 11.6 Å². The maximum atomic E-state index is 13.0. The zero-order chi connectivity index (χ0) is 14.1. The lowest BCUT2D eigenvalue weighted by Crippen LogP contribution is -2.36. The molecule has 1 rings (SSSR count). The molecule has 0 fully saturated rings. The highest BCUT2D eigenvalue weighted by Crippen LogP contribution is 2.33. The number of hydrogen-bond donors (Lipinski definition) is 2. The Morgan fingerprint density at radius 3 is 2.28 bits per heavy atom. The minimum absolute atomic E-state index is 0.240. The Labute approximate surface area is 100 Å². The molecule has 1 aromatic rings. The molecule has 3 nitrogen and oxygen atoms in total. The molecule has 18 heavy (non-hydrogen) atoms.